The summed E-state index contributed by atoms with van der Waals surface area (Å²) in [4.78, 5) is 0. The molecule has 1 aliphatic rings. The fraction of sp³-hybridized carbons (Fsp3) is 0.500. The second kappa shape index (κ2) is 10.6. The van der Waals surface area contributed by atoms with Crippen LogP contribution in [0.1, 0.15) is 62.3 Å². The van der Waals surface area contributed by atoms with Crippen molar-refractivity contribution in [2.45, 2.75) is 58.8 Å². The van der Waals surface area contributed by atoms with Gasteiger partial charge in [-0.1, -0.05) is 76.4 Å². The van der Waals surface area contributed by atoms with Crippen molar-refractivity contribution in [3.05, 3.63) is 58.7 Å². The summed E-state index contributed by atoms with van der Waals surface area (Å²) in [6.45, 7) is 6.96. The summed E-state index contributed by atoms with van der Waals surface area (Å²) in [5.41, 5.74) is 8.87. The number of benzene rings is 2. The molecule has 0 aliphatic carbocycles. The van der Waals surface area contributed by atoms with Crippen LogP contribution in [-0.4, -0.2) is 18.5 Å². The van der Waals surface area contributed by atoms with Gasteiger partial charge in [-0.3, -0.25) is 0 Å². The Hall–Kier alpha value is -0.900. The van der Waals surface area contributed by atoms with E-state index in [2.05, 4.69) is 62.5 Å². The molecule has 0 saturated heterocycles. The van der Waals surface area contributed by atoms with Crippen LogP contribution in [0.2, 0.25) is 0 Å². The molecule has 1 nitrogen and oxygen atoms in total. The third-order valence-electron chi connectivity index (χ3n) is 5.32. The van der Waals surface area contributed by atoms with Crippen molar-refractivity contribution >= 4 is 27.9 Å². The minimum absolute atomic E-state index is 0.122. The minimum Gasteiger partial charge on any atom is -0.355 e. The molecular weight excluding hydrogens is 364 g/mol. The molecule has 2 aromatic rings. The van der Waals surface area contributed by atoms with Gasteiger partial charge in [-0.05, 0) is 53.1 Å². The van der Waals surface area contributed by atoms with Gasteiger partial charge >= 0.3 is 0 Å². The zero-order chi connectivity index (χ0) is 19.1. The lowest BCUT2D eigenvalue weighted by Crippen LogP contribution is -2.11. The summed E-state index contributed by atoms with van der Waals surface area (Å²) in [5.74, 6) is 0. The Kier molecular flexibility index (Phi) is 8.17. The van der Waals surface area contributed by atoms with Gasteiger partial charge in [0.25, 0.3) is 0 Å². The molecule has 0 fully saturated rings. The molecule has 0 spiro atoms. The molecule has 3 rings (SSSR count). The third-order valence-corrected chi connectivity index (χ3v) is 9.75. The van der Waals surface area contributed by atoms with Gasteiger partial charge < -0.3 is 5.32 Å². The average molecular weight is 399 g/mol. The van der Waals surface area contributed by atoms with Crippen molar-refractivity contribution < 1.29 is 0 Å². The number of fused-ring (bicyclic) bond motifs is 2. The first-order valence-electron chi connectivity index (χ1n) is 10.7. The predicted octanol–water partition coefficient (Wildman–Crippen LogP) is 7.72. The van der Waals surface area contributed by atoms with E-state index in [4.69, 9.17) is 0 Å². The van der Waals surface area contributed by atoms with Gasteiger partial charge in [-0.15, -0.1) is 16.5 Å². The van der Waals surface area contributed by atoms with Gasteiger partial charge in [0, 0.05) is 17.8 Å². The lowest BCUT2D eigenvalue weighted by molar-refractivity contribution is 1.04. The van der Waals surface area contributed by atoms with Gasteiger partial charge in [0.05, 0.1) is 0 Å². The molecule has 1 aliphatic heterocycles. The Morgan fingerprint density at radius 1 is 0.852 bits per heavy atom. The molecule has 0 saturated carbocycles. The third kappa shape index (κ3) is 5.34. The molecule has 0 amide bonds. The standard InChI is InChI=1S/C24H35NP2/c1-4-13-26-17-21-11-7-9-19-16-20-10-8-12-22(24(20)25-23(19)21)18-27(14-5-2)15-6-3/h7-12,25-26H,4-6,13-18H2,1-3H3. The van der Waals surface area contributed by atoms with Crippen molar-refractivity contribution in [1.29, 1.82) is 0 Å². The Morgan fingerprint density at radius 3 is 2.11 bits per heavy atom. The minimum atomic E-state index is 0.122. The molecule has 1 unspecified atom stereocenters. The number of rotatable bonds is 10. The zero-order valence-corrected chi connectivity index (χ0v) is 19.2. The lowest BCUT2D eigenvalue weighted by Gasteiger charge is -2.27. The maximum absolute atomic E-state index is 3.91. The smallest absolute Gasteiger partial charge is 0.0456 e. The topological polar surface area (TPSA) is 12.0 Å². The van der Waals surface area contributed by atoms with Gasteiger partial charge in [0.1, 0.15) is 0 Å². The number of hydrogen-bond donors (Lipinski definition) is 1. The van der Waals surface area contributed by atoms with Crippen molar-refractivity contribution in [2.75, 3.05) is 23.8 Å². The quantitative estimate of drug-likeness (QED) is 0.272. The van der Waals surface area contributed by atoms with Gasteiger partial charge in [0.2, 0.25) is 0 Å². The van der Waals surface area contributed by atoms with Crippen LogP contribution in [0.4, 0.5) is 11.4 Å². The molecule has 1 atom stereocenters. The first-order chi connectivity index (χ1) is 13.3. The predicted molar refractivity (Wildman–Crippen MR) is 127 cm³/mol. The van der Waals surface area contributed by atoms with E-state index in [9.17, 15) is 0 Å². The first kappa shape index (κ1) is 20.8. The highest BCUT2D eigenvalue weighted by molar-refractivity contribution is 7.56. The normalized spacial score (nSPS) is 13.0. The van der Waals surface area contributed by atoms with E-state index < -0.39 is 0 Å². The van der Waals surface area contributed by atoms with Crippen LogP contribution in [0.5, 0.6) is 0 Å². The highest BCUT2D eigenvalue weighted by Gasteiger charge is 2.20. The summed E-state index contributed by atoms with van der Waals surface area (Å²) < 4.78 is 0. The zero-order valence-electron chi connectivity index (χ0n) is 17.3. The molecular formula is C24H35NP2. The summed E-state index contributed by atoms with van der Waals surface area (Å²) in [6, 6.07) is 13.9. The molecule has 146 valence electrons. The Labute approximate surface area is 169 Å². The summed E-state index contributed by atoms with van der Waals surface area (Å²) in [5, 5.41) is 3.91. The van der Waals surface area contributed by atoms with E-state index >= 15 is 0 Å². The van der Waals surface area contributed by atoms with Gasteiger partial charge in [0.15, 0.2) is 0 Å². The summed E-state index contributed by atoms with van der Waals surface area (Å²) in [7, 11) is 1.16. The number of para-hydroxylation sites is 2. The van der Waals surface area contributed by atoms with E-state index in [1.54, 1.807) is 5.56 Å². The Balaban J connectivity index is 1.85. The van der Waals surface area contributed by atoms with Crippen LogP contribution in [0.3, 0.4) is 0 Å². The van der Waals surface area contributed by atoms with Crippen LogP contribution in [0, 0.1) is 0 Å². The Bertz CT molecular complexity index is 735. The monoisotopic (exact) mass is 399 g/mol. The van der Waals surface area contributed by atoms with Crippen molar-refractivity contribution in [1.82, 2.24) is 0 Å². The van der Waals surface area contributed by atoms with E-state index in [1.165, 1.54) is 78.1 Å². The number of anilines is 2. The largest absolute Gasteiger partial charge is 0.355 e. The van der Waals surface area contributed by atoms with E-state index in [-0.39, 0.29) is 7.92 Å². The van der Waals surface area contributed by atoms with Crippen LogP contribution >= 0.6 is 16.5 Å². The van der Waals surface area contributed by atoms with Crippen LogP contribution < -0.4 is 5.32 Å². The molecule has 0 bridgehead atoms. The number of nitrogens with one attached hydrogen (secondary N) is 1. The maximum atomic E-state index is 3.91. The van der Waals surface area contributed by atoms with Crippen molar-refractivity contribution in [3.8, 4) is 0 Å². The molecule has 27 heavy (non-hydrogen) atoms. The van der Waals surface area contributed by atoms with Crippen molar-refractivity contribution in [2.24, 2.45) is 0 Å². The molecule has 1 N–H and O–H groups in total. The van der Waals surface area contributed by atoms with E-state index in [0.717, 1.165) is 15.0 Å². The van der Waals surface area contributed by atoms with Crippen LogP contribution in [-0.2, 0) is 18.7 Å². The molecule has 2 aromatic carbocycles. The highest BCUT2D eigenvalue weighted by Crippen LogP contribution is 2.45. The van der Waals surface area contributed by atoms with Gasteiger partial charge in [-0.25, -0.2) is 0 Å². The van der Waals surface area contributed by atoms with E-state index in [0.29, 0.717) is 0 Å². The van der Waals surface area contributed by atoms with Crippen LogP contribution in [0.25, 0.3) is 0 Å². The van der Waals surface area contributed by atoms with Crippen molar-refractivity contribution in [3.63, 3.8) is 0 Å². The molecule has 0 aromatic heterocycles. The van der Waals surface area contributed by atoms with E-state index in [1.807, 2.05) is 0 Å². The number of hydrogen-bond acceptors (Lipinski definition) is 1. The molecule has 0 radical (unpaired) electrons. The fourth-order valence-corrected chi connectivity index (χ4v) is 7.72. The highest BCUT2D eigenvalue weighted by atomic mass is 31.1. The first-order valence-corrected chi connectivity index (χ1v) is 14.0. The second-order valence-corrected chi connectivity index (χ2v) is 11.6. The average Bonchev–Trinajstić information content (AvgIpc) is 2.68. The maximum Gasteiger partial charge on any atom is 0.0456 e. The van der Waals surface area contributed by atoms with Crippen LogP contribution in [0.15, 0.2) is 36.4 Å². The SMILES string of the molecule is CCCPCc1cccc2c1Nc1c(cccc1CP(CCC)CCC)C2. The Morgan fingerprint density at radius 2 is 1.48 bits per heavy atom. The lowest BCUT2D eigenvalue weighted by atomic mass is 9.93. The fourth-order valence-electron chi connectivity index (χ4n) is 4.07. The summed E-state index contributed by atoms with van der Waals surface area (Å²) >= 11 is 0. The molecule has 1 heterocycles. The summed E-state index contributed by atoms with van der Waals surface area (Å²) in [6.07, 6.45) is 11.7. The second-order valence-electron chi connectivity index (χ2n) is 7.66. The molecule has 3 heteroatoms. The van der Waals surface area contributed by atoms with Gasteiger partial charge in [-0.2, -0.15) is 0 Å².